The molecule has 110 valence electrons. The van der Waals surface area contributed by atoms with E-state index in [2.05, 4.69) is 5.32 Å². The van der Waals surface area contributed by atoms with Crippen molar-refractivity contribution in [3.8, 4) is 0 Å². The minimum absolute atomic E-state index is 0.127. The van der Waals surface area contributed by atoms with Crippen LogP contribution in [0, 0.1) is 5.92 Å². The highest BCUT2D eigenvalue weighted by Gasteiger charge is 2.48. The zero-order chi connectivity index (χ0) is 14.9. The lowest BCUT2D eigenvalue weighted by Gasteiger charge is -2.28. The van der Waals surface area contributed by atoms with Crippen LogP contribution in [-0.2, 0) is 23.9 Å². The molecule has 0 aliphatic heterocycles. The van der Waals surface area contributed by atoms with E-state index in [1.807, 2.05) is 13.8 Å². The van der Waals surface area contributed by atoms with E-state index in [-0.39, 0.29) is 25.6 Å². The Kier molecular flexibility index (Phi) is 7.79. The molecule has 0 unspecified atom stereocenters. The summed E-state index contributed by atoms with van der Waals surface area (Å²) in [5, 5.41) is 2.29. The Morgan fingerprint density at radius 3 is 1.95 bits per heavy atom. The Labute approximate surface area is 113 Å². The van der Waals surface area contributed by atoms with Crippen LogP contribution in [-0.4, -0.2) is 37.1 Å². The number of esters is 2. The third kappa shape index (κ3) is 4.89. The van der Waals surface area contributed by atoms with Crippen LogP contribution in [0.2, 0.25) is 0 Å². The summed E-state index contributed by atoms with van der Waals surface area (Å²) in [6, 6.07) is 0. The van der Waals surface area contributed by atoms with Crippen LogP contribution < -0.4 is 5.32 Å². The average molecular weight is 273 g/mol. The van der Waals surface area contributed by atoms with Crippen molar-refractivity contribution < 1.29 is 23.9 Å². The smallest absolute Gasteiger partial charge is 0.343 e. The number of nitrogens with one attached hydrogen (secondary N) is 1. The molecule has 0 spiro atoms. The largest absolute Gasteiger partial charge is 0.464 e. The van der Waals surface area contributed by atoms with E-state index < -0.39 is 17.5 Å². The maximum Gasteiger partial charge on any atom is 0.343 e. The van der Waals surface area contributed by atoms with E-state index in [0.717, 1.165) is 0 Å². The van der Waals surface area contributed by atoms with Crippen molar-refractivity contribution in [2.45, 2.75) is 46.1 Å². The molecule has 0 saturated heterocycles. The molecule has 0 aromatic carbocycles. The predicted molar refractivity (Wildman–Crippen MR) is 69.3 cm³/mol. The van der Waals surface area contributed by atoms with Crippen LogP contribution in [0.3, 0.4) is 0 Å². The Bertz CT molecular complexity index is 296. The minimum atomic E-state index is -1.74. The lowest BCUT2D eigenvalue weighted by atomic mass is 9.90. The van der Waals surface area contributed by atoms with E-state index in [4.69, 9.17) is 9.47 Å². The second-order valence-corrected chi connectivity index (χ2v) is 4.54. The number of ether oxygens (including phenoxy) is 2. The Hall–Kier alpha value is -1.59. The summed E-state index contributed by atoms with van der Waals surface area (Å²) < 4.78 is 9.80. The Balaban J connectivity index is 5.25. The molecule has 0 heterocycles. The number of rotatable bonds is 9. The fraction of sp³-hybridized carbons (Fsp3) is 0.769. The Morgan fingerprint density at radius 2 is 1.63 bits per heavy atom. The SMILES string of the molecule is CCOC(=O)C(CCC(C)C)(NC=O)C(=O)OCC. The molecule has 0 aliphatic rings. The van der Waals surface area contributed by atoms with E-state index in [1.165, 1.54) is 0 Å². The molecule has 0 aliphatic carbocycles. The van der Waals surface area contributed by atoms with E-state index in [1.54, 1.807) is 13.8 Å². The van der Waals surface area contributed by atoms with Crippen molar-refractivity contribution in [2.75, 3.05) is 13.2 Å². The zero-order valence-electron chi connectivity index (χ0n) is 12.0. The van der Waals surface area contributed by atoms with Crippen LogP contribution in [0.25, 0.3) is 0 Å². The Morgan fingerprint density at radius 1 is 1.16 bits per heavy atom. The molecule has 1 amide bonds. The highest BCUT2D eigenvalue weighted by atomic mass is 16.6. The van der Waals surface area contributed by atoms with Gasteiger partial charge in [-0.3, -0.25) is 4.79 Å². The van der Waals surface area contributed by atoms with Crippen molar-refractivity contribution in [1.29, 1.82) is 0 Å². The fourth-order valence-electron chi connectivity index (χ4n) is 1.59. The van der Waals surface area contributed by atoms with Crippen molar-refractivity contribution in [3.63, 3.8) is 0 Å². The van der Waals surface area contributed by atoms with E-state index in [9.17, 15) is 14.4 Å². The van der Waals surface area contributed by atoms with E-state index in [0.29, 0.717) is 12.8 Å². The van der Waals surface area contributed by atoms with Crippen LogP contribution >= 0.6 is 0 Å². The molecule has 0 aromatic rings. The maximum atomic E-state index is 12.0. The van der Waals surface area contributed by atoms with Gasteiger partial charge in [0.2, 0.25) is 11.9 Å². The predicted octanol–water partition coefficient (Wildman–Crippen LogP) is 1.03. The van der Waals surface area contributed by atoms with Crippen LogP contribution in [0.1, 0.15) is 40.5 Å². The van der Waals surface area contributed by atoms with Crippen molar-refractivity contribution in [2.24, 2.45) is 5.92 Å². The van der Waals surface area contributed by atoms with Crippen molar-refractivity contribution in [3.05, 3.63) is 0 Å². The molecule has 0 fully saturated rings. The lowest BCUT2D eigenvalue weighted by molar-refractivity contribution is -0.167. The molecule has 19 heavy (non-hydrogen) atoms. The van der Waals surface area contributed by atoms with Gasteiger partial charge in [0.1, 0.15) is 0 Å². The molecule has 6 nitrogen and oxygen atoms in total. The summed E-state index contributed by atoms with van der Waals surface area (Å²) in [4.78, 5) is 34.8. The molecule has 0 radical (unpaired) electrons. The standard InChI is InChI=1S/C13H23NO5/c1-5-18-11(16)13(14-9-15,8-7-10(3)4)12(17)19-6-2/h9-10H,5-8H2,1-4H3,(H,14,15). The molecule has 0 atom stereocenters. The van der Waals surface area contributed by atoms with Gasteiger partial charge < -0.3 is 14.8 Å². The summed E-state index contributed by atoms with van der Waals surface area (Å²) in [5.41, 5.74) is -1.74. The minimum Gasteiger partial charge on any atom is -0.464 e. The summed E-state index contributed by atoms with van der Waals surface area (Å²) in [7, 11) is 0. The zero-order valence-corrected chi connectivity index (χ0v) is 12.0. The summed E-state index contributed by atoms with van der Waals surface area (Å²) in [6.07, 6.45) is 1.06. The maximum absolute atomic E-state index is 12.0. The van der Waals surface area contributed by atoms with Gasteiger partial charge in [-0.1, -0.05) is 13.8 Å². The van der Waals surface area contributed by atoms with Gasteiger partial charge >= 0.3 is 11.9 Å². The van der Waals surface area contributed by atoms with Gasteiger partial charge in [0.15, 0.2) is 0 Å². The van der Waals surface area contributed by atoms with Crippen molar-refractivity contribution in [1.82, 2.24) is 5.32 Å². The van der Waals surface area contributed by atoms with Crippen LogP contribution in [0.5, 0.6) is 0 Å². The van der Waals surface area contributed by atoms with Gasteiger partial charge in [-0.2, -0.15) is 0 Å². The molecule has 6 heteroatoms. The molecular weight excluding hydrogens is 250 g/mol. The molecule has 1 N–H and O–H groups in total. The summed E-state index contributed by atoms with van der Waals surface area (Å²) in [5.74, 6) is -1.28. The molecule has 0 aromatic heterocycles. The normalized spacial score (nSPS) is 11.0. The van der Waals surface area contributed by atoms with Crippen LogP contribution in [0.15, 0.2) is 0 Å². The molecule has 0 rings (SSSR count). The first-order chi connectivity index (χ1) is 8.94. The van der Waals surface area contributed by atoms with Crippen LogP contribution in [0.4, 0.5) is 0 Å². The van der Waals surface area contributed by atoms with Gasteiger partial charge in [-0.15, -0.1) is 0 Å². The quantitative estimate of drug-likeness (QED) is 0.385. The van der Waals surface area contributed by atoms with Gasteiger partial charge in [0, 0.05) is 0 Å². The lowest BCUT2D eigenvalue weighted by Crippen LogP contribution is -2.59. The number of carbonyl (C=O) groups excluding carboxylic acids is 3. The molecular formula is C13H23NO5. The van der Waals surface area contributed by atoms with Gasteiger partial charge in [-0.05, 0) is 32.6 Å². The highest BCUT2D eigenvalue weighted by molar-refractivity contribution is 6.06. The number of carbonyl (C=O) groups is 3. The average Bonchev–Trinajstić information content (AvgIpc) is 2.34. The van der Waals surface area contributed by atoms with Gasteiger partial charge in [0.05, 0.1) is 13.2 Å². The highest BCUT2D eigenvalue weighted by Crippen LogP contribution is 2.20. The topological polar surface area (TPSA) is 81.7 Å². The molecule has 0 bridgehead atoms. The van der Waals surface area contributed by atoms with Gasteiger partial charge in [0.25, 0.3) is 0 Å². The van der Waals surface area contributed by atoms with Crippen molar-refractivity contribution >= 4 is 18.3 Å². The second-order valence-electron chi connectivity index (χ2n) is 4.54. The number of hydrogen-bond acceptors (Lipinski definition) is 5. The summed E-state index contributed by atoms with van der Waals surface area (Å²) in [6.45, 7) is 7.45. The monoisotopic (exact) mass is 273 g/mol. The summed E-state index contributed by atoms with van der Waals surface area (Å²) >= 11 is 0. The third-order valence-corrected chi connectivity index (χ3v) is 2.65. The van der Waals surface area contributed by atoms with E-state index >= 15 is 0 Å². The first kappa shape index (κ1) is 17.4. The first-order valence-corrected chi connectivity index (χ1v) is 6.50. The number of amides is 1. The number of hydrogen-bond donors (Lipinski definition) is 1. The van der Waals surface area contributed by atoms with Gasteiger partial charge in [-0.25, -0.2) is 9.59 Å². The third-order valence-electron chi connectivity index (χ3n) is 2.65. The fourth-order valence-corrected chi connectivity index (χ4v) is 1.59. The molecule has 0 saturated carbocycles. The second kappa shape index (κ2) is 8.50. The first-order valence-electron chi connectivity index (χ1n) is 6.50.